The zero-order valence-electron chi connectivity index (χ0n) is 11.6. The summed E-state index contributed by atoms with van der Waals surface area (Å²) in [6.07, 6.45) is 2.19. The Bertz CT molecular complexity index is 317. The highest BCUT2D eigenvalue weighted by molar-refractivity contribution is 5.76. The summed E-state index contributed by atoms with van der Waals surface area (Å²) in [6.45, 7) is 6.20. The SMILES string of the molecule is CC(C)C[C@@H]1C[C@H]1NC(=O)N(C)CC(C)C(=O)O. The molecule has 1 unspecified atom stereocenters. The lowest BCUT2D eigenvalue weighted by Gasteiger charge is -2.20. The van der Waals surface area contributed by atoms with Gasteiger partial charge in [0.2, 0.25) is 0 Å². The molecule has 0 radical (unpaired) electrons. The summed E-state index contributed by atoms with van der Waals surface area (Å²) < 4.78 is 0. The predicted molar refractivity (Wildman–Crippen MR) is 69.3 cm³/mol. The zero-order valence-corrected chi connectivity index (χ0v) is 11.6. The van der Waals surface area contributed by atoms with Crippen molar-refractivity contribution in [1.82, 2.24) is 10.2 Å². The number of rotatable bonds is 6. The van der Waals surface area contributed by atoms with Crippen molar-refractivity contribution in [3.8, 4) is 0 Å². The number of aliphatic carboxylic acids is 1. The Morgan fingerprint density at radius 2 is 2.00 bits per heavy atom. The molecule has 2 amide bonds. The summed E-state index contributed by atoms with van der Waals surface area (Å²) in [4.78, 5) is 24.0. The maximum atomic E-state index is 11.8. The van der Waals surface area contributed by atoms with Crippen LogP contribution in [0.3, 0.4) is 0 Å². The van der Waals surface area contributed by atoms with Gasteiger partial charge >= 0.3 is 12.0 Å². The minimum atomic E-state index is -0.876. The Hall–Kier alpha value is -1.26. The van der Waals surface area contributed by atoms with Crippen molar-refractivity contribution in [2.45, 2.75) is 39.7 Å². The summed E-state index contributed by atoms with van der Waals surface area (Å²) >= 11 is 0. The Kier molecular flexibility index (Phi) is 4.99. The van der Waals surface area contributed by atoms with Crippen LogP contribution in [0.25, 0.3) is 0 Å². The number of nitrogens with one attached hydrogen (secondary N) is 1. The quantitative estimate of drug-likeness (QED) is 0.761. The first-order valence-corrected chi connectivity index (χ1v) is 6.55. The maximum Gasteiger partial charge on any atom is 0.317 e. The van der Waals surface area contributed by atoms with Gasteiger partial charge in [-0.25, -0.2) is 4.79 Å². The molecule has 1 rings (SSSR count). The number of carbonyl (C=O) groups is 2. The van der Waals surface area contributed by atoms with E-state index in [1.54, 1.807) is 14.0 Å². The second-order valence-electron chi connectivity index (χ2n) is 5.80. The van der Waals surface area contributed by atoms with Crippen molar-refractivity contribution >= 4 is 12.0 Å². The summed E-state index contributed by atoms with van der Waals surface area (Å²) in [5.74, 6) is -0.161. The lowest BCUT2D eigenvalue weighted by atomic mass is 10.1. The molecule has 0 aromatic rings. The lowest BCUT2D eigenvalue weighted by molar-refractivity contribution is -0.141. The topological polar surface area (TPSA) is 69.6 Å². The van der Waals surface area contributed by atoms with Crippen LogP contribution >= 0.6 is 0 Å². The van der Waals surface area contributed by atoms with Crippen LogP contribution in [0.5, 0.6) is 0 Å². The molecule has 5 heteroatoms. The van der Waals surface area contributed by atoms with Crippen LogP contribution in [-0.4, -0.2) is 41.6 Å². The summed E-state index contributed by atoms with van der Waals surface area (Å²) in [5.41, 5.74) is 0. The highest BCUT2D eigenvalue weighted by Gasteiger charge is 2.38. The number of hydrogen-bond donors (Lipinski definition) is 2. The molecule has 3 atom stereocenters. The molecule has 1 fully saturated rings. The van der Waals surface area contributed by atoms with E-state index in [9.17, 15) is 9.59 Å². The van der Waals surface area contributed by atoms with Gasteiger partial charge in [0, 0.05) is 19.6 Å². The van der Waals surface area contributed by atoms with Gasteiger partial charge in [-0.15, -0.1) is 0 Å². The number of amides is 2. The number of carboxylic acids is 1. The molecular formula is C13H24N2O3. The predicted octanol–water partition coefficient (Wildman–Crippen LogP) is 1.78. The van der Waals surface area contributed by atoms with Crippen LogP contribution in [0, 0.1) is 17.8 Å². The van der Waals surface area contributed by atoms with E-state index in [1.807, 2.05) is 0 Å². The second kappa shape index (κ2) is 6.07. The van der Waals surface area contributed by atoms with Gasteiger partial charge in [-0.2, -0.15) is 0 Å². The van der Waals surface area contributed by atoms with Crippen molar-refractivity contribution < 1.29 is 14.7 Å². The largest absolute Gasteiger partial charge is 0.481 e. The van der Waals surface area contributed by atoms with Crippen molar-refractivity contribution in [1.29, 1.82) is 0 Å². The van der Waals surface area contributed by atoms with E-state index in [0.29, 0.717) is 11.8 Å². The summed E-state index contributed by atoms with van der Waals surface area (Å²) in [5, 5.41) is 11.7. The second-order valence-corrected chi connectivity index (χ2v) is 5.80. The summed E-state index contributed by atoms with van der Waals surface area (Å²) in [7, 11) is 1.63. The molecule has 1 aliphatic carbocycles. The van der Waals surface area contributed by atoms with Gasteiger partial charge < -0.3 is 15.3 Å². The van der Waals surface area contributed by atoms with Crippen LogP contribution in [0.15, 0.2) is 0 Å². The third-order valence-corrected chi connectivity index (χ3v) is 3.32. The van der Waals surface area contributed by atoms with Crippen LogP contribution in [0.4, 0.5) is 4.79 Å². The van der Waals surface area contributed by atoms with Gasteiger partial charge in [0.1, 0.15) is 0 Å². The standard InChI is InChI=1S/C13H24N2O3/c1-8(2)5-10-6-11(10)14-13(18)15(4)7-9(3)12(16)17/h8-11H,5-7H2,1-4H3,(H,14,18)(H,16,17)/t9?,10-,11-/m1/s1. The highest BCUT2D eigenvalue weighted by Crippen LogP contribution is 2.36. The van der Waals surface area contributed by atoms with E-state index < -0.39 is 11.9 Å². The molecule has 2 N–H and O–H groups in total. The molecule has 0 aromatic heterocycles. The van der Waals surface area contributed by atoms with Crippen LogP contribution < -0.4 is 5.32 Å². The molecule has 0 saturated heterocycles. The van der Waals surface area contributed by atoms with Gasteiger partial charge in [0.25, 0.3) is 0 Å². The molecule has 1 aliphatic rings. The van der Waals surface area contributed by atoms with Crippen LogP contribution in [0.1, 0.15) is 33.6 Å². The molecule has 0 spiro atoms. The van der Waals surface area contributed by atoms with Gasteiger partial charge in [-0.3, -0.25) is 4.79 Å². The Labute approximate surface area is 109 Å². The smallest absolute Gasteiger partial charge is 0.317 e. The van der Waals surface area contributed by atoms with Gasteiger partial charge in [-0.1, -0.05) is 20.8 Å². The number of urea groups is 1. The fourth-order valence-corrected chi connectivity index (χ4v) is 2.13. The van der Waals surface area contributed by atoms with Crippen molar-refractivity contribution in [3.63, 3.8) is 0 Å². The van der Waals surface area contributed by atoms with Crippen molar-refractivity contribution in [2.24, 2.45) is 17.8 Å². The van der Waals surface area contributed by atoms with E-state index in [-0.39, 0.29) is 18.6 Å². The van der Waals surface area contributed by atoms with Crippen molar-refractivity contribution in [3.05, 3.63) is 0 Å². The van der Waals surface area contributed by atoms with E-state index >= 15 is 0 Å². The van der Waals surface area contributed by atoms with Crippen LogP contribution in [0.2, 0.25) is 0 Å². The lowest BCUT2D eigenvalue weighted by Crippen LogP contribution is -2.42. The average Bonchev–Trinajstić information content (AvgIpc) is 2.94. The molecule has 0 bridgehead atoms. The molecule has 0 aromatic carbocycles. The van der Waals surface area contributed by atoms with Crippen LogP contribution in [-0.2, 0) is 4.79 Å². The molecule has 18 heavy (non-hydrogen) atoms. The minimum Gasteiger partial charge on any atom is -0.481 e. The fourth-order valence-electron chi connectivity index (χ4n) is 2.13. The molecule has 1 saturated carbocycles. The van der Waals surface area contributed by atoms with E-state index in [0.717, 1.165) is 12.8 Å². The third-order valence-electron chi connectivity index (χ3n) is 3.32. The van der Waals surface area contributed by atoms with Gasteiger partial charge in [0.05, 0.1) is 5.92 Å². The number of hydrogen-bond acceptors (Lipinski definition) is 2. The monoisotopic (exact) mass is 256 g/mol. The highest BCUT2D eigenvalue weighted by atomic mass is 16.4. The van der Waals surface area contributed by atoms with E-state index in [2.05, 4.69) is 19.2 Å². The zero-order chi connectivity index (χ0) is 13.9. The Balaban J connectivity index is 2.27. The fraction of sp³-hybridized carbons (Fsp3) is 0.846. The molecule has 104 valence electrons. The van der Waals surface area contributed by atoms with E-state index in [1.165, 1.54) is 4.90 Å². The summed E-state index contributed by atoms with van der Waals surface area (Å²) in [6, 6.07) is 0.113. The molecule has 0 aliphatic heterocycles. The maximum absolute atomic E-state index is 11.8. The molecular weight excluding hydrogens is 232 g/mol. The first-order valence-electron chi connectivity index (χ1n) is 6.55. The van der Waals surface area contributed by atoms with Gasteiger partial charge in [-0.05, 0) is 24.7 Å². The van der Waals surface area contributed by atoms with E-state index in [4.69, 9.17) is 5.11 Å². The molecule has 0 heterocycles. The first kappa shape index (κ1) is 14.8. The minimum absolute atomic E-state index is 0.167. The number of nitrogens with zero attached hydrogens (tertiary/aromatic N) is 1. The normalized spacial score (nSPS) is 23.6. The molecule has 5 nitrogen and oxygen atoms in total. The first-order chi connectivity index (χ1) is 8.31. The number of carbonyl (C=O) groups excluding carboxylic acids is 1. The number of carboxylic acid groups (broad SMARTS) is 1. The third kappa shape index (κ3) is 4.55. The Morgan fingerprint density at radius 3 is 2.50 bits per heavy atom. The van der Waals surface area contributed by atoms with Crippen molar-refractivity contribution in [2.75, 3.05) is 13.6 Å². The van der Waals surface area contributed by atoms with Gasteiger partial charge in [0.15, 0.2) is 0 Å². The average molecular weight is 256 g/mol. The Morgan fingerprint density at radius 1 is 1.39 bits per heavy atom.